The molecule has 1 aliphatic heterocycles. The molecular weight excluding hydrogens is 380 g/mol. The minimum atomic E-state index is -1.20. The van der Waals surface area contributed by atoms with Crippen molar-refractivity contribution in [1.29, 1.82) is 0 Å². The van der Waals surface area contributed by atoms with E-state index in [9.17, 15) is 14.7 Å². The Hall–Kier alpha value is -2.57. The Labute approximate surface area is 169 Å². The van der Waals surface area contributed by atoms with Crippen molar-refractivity contribution in [1.82, 2.24) is 10.2 Å². The van der Waals surface area contributed by atoms with E-state index >= 15 is 0 Å². The number of imide groups is 1. The number of benzene rings is 2. The van der Waals surface area contributed by atoms with Crippen molar-refractivity contribution in [2.45, 2.75) is 32.4 Å². The van der Waals surface area contributed by atoms with Crippen molar-refractivity contribution in [3.8, 4) is 5.75 Å². The first-order chi connectivity index (χ1) is 13.2. The van der Waals surface area contributed by atoms with Gasteiger partial charge in [0.05, 0.1) is 6.54 Å². The molecule has 2 aromatic carbocycles. The summed E-state index contributed by atoms with van der Waals surface area (Å²) in [5, 5.41) is 13.5. The lowest BCUT2D eigenvalue weighted by Crippen LogP contribution is -2.42. The molecule has 148 valence electrons. The molecule has 0 aliphatic carbocycles. The number of halogens is 1. The molecule has 28 heavy (non-hydrogen) atoms. The van der Waals surface area contributed by atoms with E-state index in [4.69, 9.17) is 16.3 Å². The number of carbonyl (C=O) groups excluding carboxylic acids is 2. The van der Waals surface area contributed by atoms with Crippen LogP contribution >= 0.6 is 11.6 Å². The molecule has 3 rings (SSSR count). The van der Waals surface area contributed by atoms with Crippen LogP contribution in [0.4, 0.5) is 4.79 Å². The first-order valence-electron chi connectivity index (χ1n) is 8.98. The van der Waals surface area contributed by atoms with E-state index in [0.29, 0.717) is 16.3 Å². The number of hydrogen-bond acceptors (Lipinski definition) is 4. The van der Waals surface area contributed by atoms with E-state index in [2.05, 4.69) is 5.32 Å². The fraction of sp³-hybridized carbons (Fsp3) is 0.333. The van der Waals surface area contributed by atoms with E-state index in [1.165, 1.54) is 0 Å². The Morgan fingerprint density at radius 2 is 1.75 bits per heavy atom. The number of nitrogens with zero attached hydrogens (tertiary/aromatic N) is 1. The smallest absolute Gasteiger partial charge is 0.325 e. The highest BCUT2D eigenvalue weighted by atomic mass is 35.5. The molecule has 1 saturated heterocycles. The summed E-state index contributed by atoms with van der Waals surface area (Å²) in [5.74, 6) is 0.213. The molecular formula is C21H23ClN2O4. The Morgan fingerprint density at radius 3 is 2.36 bits per heavy atom. The molecule has 2 N–H and O–H groups in total. The van der Waals surface area contributed by atoms with E-state index in [1.54, 1.807) is 31.2 Å². The molecule has 2 aromatic rings. The minimum absolute atomic E-state index is 0.0301. The molecule has 6 nitrogen and oxygen atoms in total. The van der Waals surface area contributed by atoms with E-state index in [1.807, 2.05) is 32.0 Å². The second-order valence-corrected chi connectivity index (χ2v) is 7.70. The number of rotatable bonds is 6. The number of aliphatic hydroxyl groups excluding tert-OH is 1. The maximum Gasteiger partial charge on any atom is 0.325 e. The van der Waals surface area contributed by atoms with Gasteiger partial charge >= 0.3 is 6.03 Å². The molecule has 1 aliphatic rings. The second-order valence-electron chi connectivity index (χ2n) is 7.27. The van der Waals surface area contributed by atoms with Crippen LogP contribution in [0.25, 0.3) is 0 Å². The second kappa shape index (κ2) is 7.81. The molecule has 0 aromatic heterocycles. The predicted octanol–water partition coefficient (Wildman–Crippen LogP) is 3.16. The molecule has 1 heterocycles. The van der Waals surface area contributed by atoms with Crippen LogP contribution < -0.4 is 10.1 Å². The fourth-order valence-corrected chi connectivity index (χ4v) is 3.44. The summed E-state index contributed by atoms with van der Waals surface area (Å²) in [6.07, 6.45) is -1.01. The standard InChI is InChI=1S/C21H23ClN2O4/c1-13-8-14(2)10-18(9-13)28-12-17(25)11-24-19(26)21(3,23-20(24)27)15-4-6-16(22)7-5-15/h4-10,17,25H,11-12H2,1-3H3,(H,23,27)/t17-,21-/m0/s1. The lowest BCUT2D eigenvalue weighted by atomic mass is 9.92. The molecule has 0 spiro atoms. The van der Waals surface area contributed by atoms with Gasteiger partial charge in [0.15, 0.2) is 0 Å². The number of nitrogens with one attached hydrogen (secondary N) is 1. The van der Waals surface area contributed by atoms with Crippen molar-refractivity contribution in [2.75, 3.05) is 13.2 Å². The highest BCUT2D eigenvalue weighted by Gasteiger charge is 2.49. The maximum absolute atomic E-state index is 12.9. The van der Waals surface area contributed by atoms with Gasteiger partial charge in [-0.3, -0.25) is 9.69 Å². The first-order valence-corrected chi connectivity index (χ1v) is 9.36. The summed E-state index contributed by atoms with van der Waals surface area (Å²) >= 11 is 5.90. The van der Waals surface area contributed by atoms with Gasteiger partial charge in [0.25, 0.3) is 5.91 Å². The van der Waals surface area contributed by atoms with Crippen LogP contribution in [0.15, 0.2) is 42.5 Å². The monoisotopic (exact) mass is 402 g/mol. The van der Waals surface area contributed by atoms with Crippen molar-refractivity contribution < 1.29 is 19.4 Å². The molecule has 0 saturated carbocycles. The summed E-state index contributed by atoms with van der Waals surface area (Å²) in [5.41, 5.74) is 1.53. The Morgan fingerprint density at radius 1 is 1.14 bits per heavy atom. The number of aryl methyl sites for hydroxylation is 2. The first kappa shape index (κ1) is 20.2. The summed E-state index contributed by atoms with van der Waals surface area (Å²) in [7, 11) is 0. The third-order valence-electron chi connectivity index (χ3n) is 4.73. The summed E-state index contributed by atoms with van der Waals surface area (Å²) in [4.78, 5) is 26.3. The number of ether oxygens (including phenoxy) is 1. The highest BCUT2D eigenvalue weighted by Crippen LogP contribution is 2.29. The Kier molecular flexibility index (Phi) is 5.63. The van der Waals surface area contributed by atoms with Gasteiger partial charge in [-0.15, -0.1) is 0 Å². The summed E-state index contributed by atoms with van der Waals surface area (Å²) in [6, 6.07) is 11.9. The molecule has 0 unspecified atom stereocenters. The van der Waals surface area contributed by atoms with Crippen molar-refractivity contribution in [2.24, 2.45) is 0 Å². The zero-order chi connectivity index (χ0) is 20.5. The van der Waals surface area contributed by atoms with E-state index in [0.717, 1.165) is 16.0 Å². The van der Waals surface area contributed by atoms with Gasteiger partial charge in [-0.05, 0) is 61.7 Å². The van der Waals surface area contributed by atoms with Gasteiger partial charge in [0.1, 0.15) is 24.0 Å². The molecule has 3 amide bonds. The topological polar surface area (TPSA) is 78.9 Å². The molecule has 0 bridgehead atoms. The van der Waals surface area contributed by atoms with Crippen LogP contribution in [0.5, 0.6) is 5.75 Å². The van der Waals surface area contributed by atoms with Crippen LogP contribution in [0.2, 0.25) is 5.02 Å². The van der Waals surface area contributed by atoms with Gasteiger partial charge in [0, 0.05) is 5.02 Å². The zero-order valence-corrected chi connectivity index (χ0v) is 16.8. The van der Waals surface area contributed by atoms with E-state index in [-0.39, 0.29) is 13.2 Å². The lowest BCUT2D eigenvalue weighted by Gasteiger charge is -2.23. The zero-order valence-electron chi connectivity index (χ0n) is 16.0. The minimum Gasteiger partial charge on any atom is -0.491 e. The lowest BCUT2D eigenvalue weighted by molar-refractivity contribution is -0.132. The average molecular weight is 403 g/mol. The van der Waals surface area contributed by atoms with Gasteiger partial charge in [-0.2, -0.15) is 0 Å². The summed E-state index contributed by atoms with van der Waals surface area (Å²) in [6.45, 7) is 5.37. The largest absolute Gasteiger partial charge is 0.491 e. The van der Waals surface area contributed by atoms with Crippen LogP contribution in [0.1, 0.15) is 23.6 Å². The number of β-amino-alcohol motifs (C(OH)–C–C–N with tert-alkyl or cyclic N) is 1. The molecule has 1 fully saturated rings. The van der Waals surface area contributed by atoms with Crippen molar-refractivity contribution in [3.63, 3.8) is 0 Å². The van der Waals surface area contributed by atoms with Crippen LogP contribution in [-0.2, 0) is 10.3 Å². The van der Waals surface area contributed by atoms with Crippen molar-refractivity contribution >= 4 is 23.5 Å². The summed E-state index contributed by atoms with van der Waals surface area (Å²) < 4.78 is 5.63. The van der Waals surface area contributed by atoms with Crippen LogP contribution in [-0.4, -0.2) is 41.2 Å². The normalized spacial score (nSPS) is 20.2. The van der Waals surface area contributed by atoms with E-state index < -0.39 is 23.6 Å². The van der Waals surface area contributed by atoms with Crippen LogP contribution in [0, 0.1) is 13.8 Å². The molecule has 7 heteroatoms. The van der Waals surface area contributed by atoms with Crippen molar-refractivity contribution in [3.05, 3.63) is 64.2 Å². The van der Waals surface area contributed by atoms with Gasteiger partial charge in [0.2, 0.25) is 0 Å². The van der Waals surface area contributed by atoms with Gasteiger partial charge < -0.3 is 15.2 Å². The number of hydrogen-bond donors (Lipinski definition) is 2. The third-order valence-corrected chi connectivity index (χ3v) is 4.98. The molecule has 2 atom stereocenters. The Balaban J connectivity index is 1.65. The number of aliphatic hydroxyl groups is 1. The van der Waals surface area contributed by atoms with Gasteiger partial charge in [-0.1, -0.05) is 29.8 Å². The fourth-order valence-electron chi connectivity index (χ4n) is 3.31. The number of urea groups is 1. The SMILES string of the molecule is Cc1cc(C)cc(OC[C@@H](O)CN2C(=O)N[C@@](C)(c3ccc(Cl)cc3)C2=O)c1. The number of carbonyl (C=O) groups is 2. The van der Waals surface area contributed by atoms with Crippen LogP contribution in [0.3, 0.4) is 0 Å². The predicted molar refractivity (Wildman–Crippen MR) is 106 cm³/mol. The number of amides is 3. The third kappa shape index (κ3) is 4.13. The maximum atomic E-state index is 12.9. The quantitative estimate of drug-likeness (QED) is 0.727. The van der Waals surface area contributed by atoms with Gasteiger partial charge in [-0.25, -0.2) is 4.79 Å². The highest BCUT2D eigenvalue weighted by molar-refractivity contribution is 6.30. The molecule has 0 radical (unpaired) electrons. The average Bonchev–Trinajstić information content (AvgIpc) is 2.84. The Bertz CT molecular complexity index is 880.